The molecule has 0 radical (unpaired) electrons. The van der Waals surface area contributed by atoms with E-state index in [1.165, 1.54) is 12.1 Å². The standard InChI is InChI=1S/C19H21F3N2O2/c20-19(21,22)15-6-4-13(5-7-15)18(26)23-9-12-8-14(11-23)16-2-1-3-17(25)24(16)10-12/h4-7,12,14,16H,1-3,8-11H2/t12?,14?,16-/m1/s1. The second-order valence-electron chi connectivity index (χ2n) is 7.65. The second kappa shape index (κ2) is 6.28. The number of benzene rings is 1. The van der Waals surface area contributed by atoms with Crippen molar-refractivity contribution in [1.29, 1.82) is 0 Å². The van der Waals surface area contributed by atoms with Crippen molar-refractivity contribution >= 4 is 11.8 Å². The zero-order valence-corrected chi connectivity index (χ0v) is 14.3. The van der Waals surface area contributed by atoms with Gasteiger partial charge in [-0.2, -0.15) is 13.2 Å². The van der Waals surface area contributed by atoms with Crippen molar-refractivity contribution in [3.05, 3.63) is 35.4 Å². The van der Waals surface area contributed by atoms with Gasteiger partial charge >= 0.3 is 6.18 Å². The molecule has 2 bridgehead atoms. The van der Waals surface area contributed by atoms with Crippen molar-refractivity contribution < 1.29 is 22.8 Å². The number of piperidine rings is 3. The molecule has 0 aliphatic carbocycles. The summed E-state index contributed by atoms with van der Waals surface area (Å²) >= 11 is 0. The minimum atomic E-state index is -4.40. The number of hydrogen-bond donors (Lipinski definition) is 0. The molecule has 3 saturated heterocycles. The van der Waals surface area contributed by atoms with Crippen molar-refractivity contribution in [2.24, 2.45) is 11.8 Å². The monoisotopic (exact) mass is 366 g/mol. The van der Waals surface area contributed by atoms with Gasteiger partial charge in [-0.25, -0.2) is 0 Å². The lowest BCUT2D eigenvalue weighted by atomic mass is 9.76. The molecule has 0 N–H and O–H groups in total. The molecule has 26 heavy (non-hydrogen) atoms. The Hall–Kier alpha value is -2.05. The van der Waals surface area contributed by atoms with Gasteiger partial charge in [0.05, 0.1) is 5.56 Å². The number of carbonyl (C=O) groups is 2. The molecule has 140 valence electrons. The van der Waals surface area contributed by atoms with Gasteiger partial charge in [0.1, 0.15) is 0 Å². The number of likely N-dealkylation sites (tertiary alicyclic amines) is 1. The van der Waals surface area contributed by atoms with Crippen LogP contribution >= 0.6 is 0 Å². The summed E-state index contributed by atoms with van der Waals surface area (Å²) in [4.78, 5) is 28.7. The molecule has 1 aromatic rings. The van der Waals surface area contributed by atoms with Crippen LogP contribution in [0.1, 0.15) is 41.6 Å². The normalized spacial score (nSPS) is 28.7. The SMILES string of the molecule is O=C(c1ccc(C(F)(F)F)cc1)N1CC2CC(C1)[C@H]1CCCC(=O)N1C2. The predicted octanol–water partition coefficient (Wildman–Crippen LogP) is 3.18. The number of rotatable bonds is 1. The number of hydrogen-bond acceptors (Lipinski definition) is 2. The van der Waals surface area contributed by atoms with Crippen molar-refractivity contribution in [3.8, 4) is 0 Å². The summed E-state index contributed by atoms with van der Waals surface area (Å²) < 4.78 is 38.1. The molecular formula is C19H21F3N2O2. The van der Waals surface area contributed by atoms with E-state index >= 15 is 0 Å². The van der Waals surface area contributed by atoms with Gasteiger partial charge < -0.3 is 9.80 Å². The Kier molecular flexibility index (Phi) is 4.20. The quantitative estimate of drug-likeness (QED) is 0.766. The Morgan fingerprint density at radius 1 is 1.08 bits per heavy atom. The predicted molar refractivity (Wildman–Crippen MR) is 88.3 cm³/mol. The maximum Gasteiger partial charge on any atom is 0.416 e. The topological polar surface area (TPSA) is 40.6 Å². The summed E-state index contributed by atoms with van der Waals surface area (Å²) in [5.41, 5.74) is -0.463. The van der Waals surface area contributed by atoms with Crippen LogP contribution in [0, 0.1) is 11.8 Å². The summed E-state index contributed by atoms with van der Waals surface area (Å²) in [6.07, 6.45) is -0.893. The maximum atomic E-state index is 12.8. The van der Waals surface area contributed by atoms with E-state index in [9.17, 15) is 22.8 Å². The number of alkyl halides is 3. The zero-order chi connectivity index (χ0) is 18.5. The molecule has 3 atom stereocenters. The molecular weight excluding hydrogens is 345 g/mol. The Bertz CT molecular complexity index is 716. The van der Waals surface area contributed by atoms with Crippen molar-refractivity contribution in [3.63, 3.8) is 0 Å². The molecule has 3 aliphatic rings. The molecule has 1 aromatic carbocycles. The summed E-state index contributed by atoms with van der Waals surface area (Å²) in [6.45, 7) is 1.83. The van der Waals surface area contributed by atoms with Gasteiger partial charge in [-0.15, -0.1) is 0 Å². The first-order chi connectivity index (χ1) is 12.3. The van der Waals surface area contributed by atoms with Crippen LogP contribution in [0.4, 0.5) is 13.2 Å². The highest BCUT2D eigenvalue weighted by Gasteiger charge is 2.44. The molecule has 0 saturated carbocycles. The summed E-state index contributed by atoms with van der Waals surface area (Å²) in [5.74, 6) is 0.526. The first-order valence-electron chi connectivity index (χ1n) is 9.09. The maximum absolute atomic E-state index is 12.8. The Morgan fingerprint density at radius 2 is 1.81 bits per heavy atom. The molecule has 2 unspecified atom stereocenters. The molecule has 0 aromatic heterocycles. The smallest absolute Gasteiger partial charge is 0.339 e. The van der Waals surface area contributed by atoms with Crippen molar-refractivity contribution in [1.82, 2.24) is 9.80 Å². The van der Waals surface area contributed by atoms with Gasteiger partial charge in [0.2, 0.25) is 5.91 Å². The van der Waals surface area contributed by atoms with E-state index in [-0.39, 0.29) is 35.3 Å². The first-order valence-corrected chi connectivity index (χ1v) is 9.09. The van der Waals surface area contributed by atoms with E-state index in [1.807, 2.05) is 4.90 Å². The summed E-state index contributed by atoms with van der Waals surface area (Å²) in [7, 11) is 0. The van der Waals surface area contributed by atoms with Gasteiger partial charge in [-0.3, -0.25) is 9.59 Å². The number of fused-ring (bicyclic) bond motifs is 4. The fourth-order valence-electron chi connectivity index (χ4n) is 4.76. The number of amides is 2. The minimum Gasteiger partial charge on any atom is -0.339 e. The number of nitrogens with zero attached hydrogens (tertiary/aromatic N) is 2. The van der Waals surface area contributed by atoms with E-state index in [1.54, 1.807) is 4.90 Å². The van der Waals surface area contributed by atoms with Gasteiger partial charge in [0.25, 0.3) is 5.91 Å². The third-order valence-corrected chi connectivity index (χ3v) is 5.93. The van der Waals surface area contributed by atoms with E-state index < -0.39 is 11.7 Å². The van der Waals surface area contributed by atoms with E-state index in [4.69, 9.17) is 0 Å². The van der Waals surface area contributed by atoms with E-state index in [0.29, 0.717) is 26.1 Å². The average molecular weight is 366 g/mol. The zero-order valence-electron chi connectivity index (χ0n) is 14.3. The van der Waals surface area contributed by atoms with E-state index in [2.05, 4.69) is 0 Å². The molecule has 3 heterocycles. The third-order valence-electron chi connectivity index (χ3n) is 5.93. The molecule has 0 spiro atoms. The highest BCUT2D eigenvalue weighted by atomic mass is 19.4. The summed E-state index contributed by atoms with van der Waals surface area (Å²) in [5, 5.41) is 0. The highest BCUT2D eigenvalue weighted by molar-refractivity contribution is 5.94. The second-order valence-corrected chi connectivity index (χ2v) is 7.65. The van der Waals surface area contributed by atoms with Crippen molar-refractivity contribution in [2.45, 2.75) is 37.9 Å². The van der Waals surface area contributed by atoms with Crippen LogP contribution in [0.25, 0.3) is 0 Å². The number of carbonyl (C=O) groups excluding carboxylic acids is 2. The van der Waals surface area contributed by atoms with Gasteiger partial charge in [-0.1, -0.05) is 0 Å². The minimum absolute atomic E-state index is 0.204. The lowest BCUT2D eigenvalue weighted by Gasteiger charge is -2.52. The average Bonchev–Trinajstić information content (AvgIpc) is 2.61. The summed E-state index contributed by atoms with van der Waals surface area (Å²) in [6, 6.07) is 4.63. The molecule has 3 fully saturated rings. The van der Waals surface area contributed by atoms with Crippen LogP contribution in [0.15, 0.2) is 24.3 Å². The Labute approximate surface area is 149 Å². The van der Waals surface area contributed by atoms with Crippen LogP contribution in [0.2, 0.25) is 0 Å². The fraction of sp³-hybridized carbons (Fsp3) is 0.579. The van der Waals surface area contributed by atoms with Gasteiger partial charge in [0, 0.05) is 37.7 Å². The Morgan fingerprint density at radius 3 is 2.50 bits per heavy atom. The Balaban J connectivity index is 1.49. The highest BCUT2D eigenvalue weighted by Crippen LogP contribution is 2.38. The van der Waals surface area contributed by atoms with E-state index in [0.717, 1.165) is 31.4 Å². The van der Waals surface area contributed by atoms with Gasteiger partial charge in [-0.05, 0) is 55.4 Å². The van der Waals surface area contributed by atoms with Gasteiger partial charge in [0.15, 0.2) is 0 Å². The van der Waals surface area contributed by atoms with Crippen LogP contribution in [0.5, 0.6) is 0 Å². The fourth-order valence-corrected chi connectivity index (χ4v) is 4.76. The van der Waals surface area contributed by atoms with Crippen LogP contribution in [0.3, 0.4) is 0 Å². The van der Waals surface area contributed by atoms with Crippen LogP contribution in [-0.2, 0) is 11.0 Å². The third kappa shape index (κ3) is 3.08. The lowest BCUT2D eigenvalue weighted by Crippen LogP contribution is -2.61. The lowest BCUT2D eigenvalue weighted by molar-refractivity contribution is -0.144. The largest absolute Gasteiger partial charge is 0.416 e. The van der Waals surface area contributed by atoms with Crippen LogP contribution < -0.4 is 0 Å². The number of halogens is 3. The van der Waals surface area contributed by atoms with Crippen molar-refractivity contribution in [2.75, 3.05) is 19.6 Å². The molecule has 7 heteroatoms. The molecule has 2 amide bonds. The van der Waals surface area contributed by atoms with Crippen LogP contribution in [-0.4, -0.2) is 47.3 Å². The first kappa shape index (κ1) is 17.4. The molecule has 4 rings (SSSR count). The molecule has 3 aliphatic heterocycles. The molecule has 4 nitrogen and oxygen atoms in total.